The summed E-state index contributed by atoms with van der Waals surface area (Å²) in [5.74, 6) is -0.297. The van der Waals surface area contributed by atoms with Crippen molar-refractivity contribution in [3.8, 4) is 0 Å². The minimum Gasteiger partial charge on any atom is -0.465 e. The monoisotopic (exact) mass is 240 g/mol. The van der Waals surface area contributed by atoms with Crippen molar-refractivity contribution in [3.05, 3.63) is 28.7 Å². The molecule has 16 heavy (non-hydrogen) atoms. The highest BCUT2D eigenvalue weighted by Crippen LogP contribution is 2.17. The fourth-order valence-electron chi connectivity index (χ4n) is 1.25. The van der Waals surface area contributed by atoms with E-state index in [1.165, 1.54) is 11.3 Å². The minimum atomic E-state index is -0.497. The highest BCUT2D eigenvalue weighted by molar-refractivity contribution is 7.09. The van der Waals surface area contributed by atoms with Crippen molar-refractivity contribution >= 4 is 17.3 Å². The molecule has 0 amide bonds. The Balaban J connectivity index is 2.77. The smallest absolute Gasteiger partial charge is 0.329 e. The number of aryl methyl sites for hydroxylation is 1. The zero-order chi connectivity index (χ0) is 12.0. The standard InChI is InChI=1S/C11H16N2O2S/c1-4-6-12-10(11(14)15-5-2)9-7-16-8(3)13-9/h4,7,10,12H,1,5-6H2,2-3H3. The number of aromatic nitrogens is 1. The van der Waals surface area contributed by atoms with Gasteiger partial charge in [-0.25, -0.2) is 9.78 Å². The van der Waals surface area contributed by atoms with Crippen molar-refractivity contribution in [2.75, 3.05) is 13.2 Å². The van der Waals surface area contributed by atoms with Crippen molar-refractivity contribution in [2.45, 2.75) is 19.9 Å². The lowest BCUT2D eigenvalue weighted by Gasteiger charge is -2.13. The summed E-state index contributed by atoms with van der Waals surface area (Å²) in [6.07, 6.45) is 1.70. The van der Waals surface area contributed by atoms with Crippen molar-refractivity contribution in [2.24, 2.45) is 0 Å². The number of esters is 1. The van der Waals surface area contributed by atoms with Crippen LogP contribution in [0.15, 0.2) is 18.0 Å². The SMILES string of the molecule is C=CCNC(C(=O)OCC)c1csc(C)n1. The van der Waals surface area contributed by atoms with Gasteiger partial charge in [-0.1, -0.05) is 6.08 Å². The Hall–Kier alpha value is -1.20. The molecule has 1 unspecified atom stereocenters. The molecule has 88 valence electrons. The lowest BCUT2D eigenvalue weighted by molar-refractivity contribution is -0.145. The van der Waals surface area contributed by atoms with Crippen LogP contribution in [-0.2, 0) is 9.53 Å². The Labute approximate surface area is 99.3 Å². The molecule has 0 aliphatic rings. The Bertz CT molecular complexity index is 363. The van der Waals surface area contributed by atoms with Crippen molar-refractivity contribution in [1.29, 1.82) is 0 Å². The molecule has 0 aliphatic carbocycles. The first-order chi connectivity index (χ1) is 7.69. The molecule has 0 saturated heterocycles. The van der Waals surface area contributed by atoms with Crippen LogP contribution in [0.4, 0.5) is 0 Å². The maximum absolute atomic E-state index is 11.7. The van der Waals surface area contributed by atoms with Crippen LogP contribution in [0.3, 0.4) is 0 Å². The number of hydrogen-bond acceptors (Lipinski definition) is 5. The van der Waals surface area contributed by atoms with E-state index >= 15 is 0 Å². The first-order valence-corrected chi connectivity index (χ1v) is 6.00. The number of carbonyl (C=O) groups excluding carboxylic acids is 1. The fourth-order valence-corrected chi connectivity index (χ4v) is 1.89. The maximum Gasteiger partial charge on any atom is 0.329 e. The molecule has 1 atom stereocenters. The highest BCUT2D eigenvalue weighted by Gasteiger charge is 2.23. The van der Waals surface area contributed by atoms with E-state index in [4.69, 9.17) is 4.74 Å². The van der Waals surface area contributed by atoms with Gasteiger partial charge < -0.3 is 4.74 Å². The normalized spacial score (nSPS) is 12.1. The summed E-state index contributed by atoms with van der Waals surface area (Å²) in [6, 6.07) is -0.497. The predicted molar refractivity (Wildman–Crippen MR) is 64.4 cm³/mol. The average Bonchev–Trinajstić information content (AvgIpc) is 2.66. The van der Waals surface area contributed by atoms with Gasteiger partial charge >= 0.3 is 5.97 Å². The third-order valence-electron chi connectivity index (χ3n) is 1.92. The number of nitrogens with zero attached hydrogens (tertiary/aromatic N) is 1. The highest BCUT2D eigenvalue weighted by atomic mass is 32.1. The summed E-state index contributed by atoms with van der Waals surface area (Å²) in [5, 5.41) is 5.84. The summed E-state index contributed by atoms with van der Waals surface area (Å²) < 4.78 is 4.99. The van der Waals surface area contributed by atoms with Crippen LogP contribution in [0.25, 0.3) is 0 Å². The third-order valence-corrected chi connectivity index (χ3v) is 2.71. The van der Waals surface area contributed by atoms with Crippen molar-refractivity contribution in [1.82, 2.24) is 10.3 Å². The number of ether oxygens (including phenoxy) is 1. The average molecular weight is 240 g/mol. The van der Waals surface area contributed by atoms with E-state index in [0.717, 1.165) is 5.01 Å². The van der Waals surface area contributed by atoms with Gasteiger partial charge in [-0.15, -0.1) is 17.9 Å². The van der Waals surface area contributed by atoms with Gasteiger partial charge in [0.2, 0.25) is 0 Å². The quantitative estimate of drug-likeness (QED) is 0.609. The van der Waals surface area contributed by atoms with Crippen LogP contribution in [0, 0.1) is 6.92 Å². The number of carbonyl (C=O) groups is 1. The third kappa shape index (κ3) is 3.43. The molecule has 0 fully saturated rings. The number of nitrogens with one attached hydrogen (secondary N) is 1. The van der Waals surface area contributed by atoms with Gasteiger partial charge in [-0.05, 0) is 13.8 Å². The molecule has 1 rings (SSSR count). The molecule has 5 heteroatoms. The van der Waals surface area contributed by atoms with E-state index in [2.05, 4.69) is 16.9 Å². The van der Waals surface area contributed by atoms with Gasteiger partial charge in [0.15, 0.2) is 0 Å². The second-order valence-corrected chi connectivity index (χ2v) is 4.24. The Morgan fingerprint density at radius 3 is 3.06 bits per heavy atom. The van der Waals surface area contributed by atoms with Gasteiger partial charge in [0, 0.05) is 11.9 Å². The molecule has 1 N–H and O–H groups in total. The molecule has 0 saturated carbocycles. The maximum atomic E-state index is 11.7. The number of thiazole rings is 1. The molecule has 0 aliphatic heterocycles. The van der Waals surface area contributed by atoms with Crippen LogP contribution in [0.5, 0.6) is 0 Å². The second kappa shape index (κ2) is 6.40. The minimum absolute atomic E-state index is 0.297. The fraction of sp³-hybridized carbons (Fsp3) is 0.455. The predicted octanol–water partition coefficient (Wildman–Crippen LogP) is 1.83. The molecule has 0 spiro atoms. The molecule has 1 heterocycles. The van der Waals surface area contributed by atoms with Crippen molar-refractivity contribution < 1.29 is 9.53 Å². The number of hydrogen-bond donors (Lipinski definition) is 1. The van der Waals surface area contributed by atoms with E-state index in [-0.39, 0.29) is 5.97 Å². The Morgan fingerprint density at radius 2 is 2.56 bits per heavy atom. The van der Waals surface area contributed by atoms with E-state index in [1.54, 1.807) is 13.0 Å². The summed E-state index contributed by atoms with van der Waals surface area (Å²) in [6.45, 7) is 8.21. The first-order valence-electron chi connectivity index (χ1n) is 5.12. The lowest BCUT2D eigenvalue weighted by Crippen LogP contribution is -2.30. The van der Waals surface area contributed by atoms with Crippen molar-refractivity contribution in [3.63, 3.8) is 0 Å². The lowest BCUT2D eigenvalue weighted by atomic mass is 10.2. The first kappa shape index (κ1) is 12.9. The van der Waals surface area contributed by atoms with Crippen LogP contribution in [-0.4, -0.2) is 24.1 Å². The molecule has 0 bridgehead atoms. The van der Waals surface area contributed by atoms with Gasteiger partial charge in [-0.3, -0.25) is 5.32 Å². The van der Waals surface area contributed by atoms with E-state index in [0.29, 0.717) is 18.8 Å². The molecule has 1 aromatic heterocycles. The molecule has 0 radical (unpaired) electrons. The summed E-state index contributed by atoms with van der Waals surface area (Å²) in [7, 11) is 0. The summed E-state index contributed by atoms with van der Waals surface area (Å²) >= 11 is 1.52. The van der Waals surface area contributed by atoms with Crippen LogP contribution in [0.2, 0.25) is 0 Å². The largest absolute Gasteiger partial charge is 0.465 e. The van der Waals surface area contributed by atoms with Gasteiger partial charge in [-0.2, -0.15) is 0 Å². The van der Waals surface area contributed by atoms with Crippen LogP contribution in [0.1, 0.15) is 23.7 Å². The van der Waals surface area contributed by atoms with E-state index in [9.17, 15) is 4.79 Å². The summed E-state index contributed by atoms with van der Waals surface area (Å²) in [4.78, 5) is 16.0. The van der Waals surface area contributed by atoms with E-state index < -0.39 is 6.04 Å². The zero-order valence-corrected chi connectivity index (χ0v) is 10.3. The van der Waals surface area contributed by atoms with Gasteiger partial charge in [0.1, 0.15) is 6.04 Å². The Kier molecular flexibility index (Phi) is 5.14. The number of rotatable bonds is 6. The topological polar surface area (TPSA) is 51.2 Å². The second-order valence-electron chi connectivity index (χ2n) is 3.17. The van der Waals surface area contributed by atoms with E-state index in [1.807, 2.05) is 12.3 Å². The van der Waals surface area contributed by atoms with Gasteiger partial charge in [0.25, 0.3) is 0 Å². The van der Waals surface area contributed by atoms with Gasteiger partial charge in [0.05, 0.1) is 17.3 Å². The molecule has 4 nitrogen and oxygen atoms in total. The molecular weight excluding hydrogens is 224 g/mol. The molecule has 1 aromatic rings. The Morgan fingerprint density at radius 1 is 1.81 bits per heavy atom. The van der Waals surface area contributed by atoms with Crippen LogP contribution >= 0.6 is 11.3 Å². The molecule has 0 aromatic carbocycles. The zero-order valence-electron chi connectivity index (χ0n) is 9.53. The summed E-state index contributed by atoms with van der Waals surface area (Å²) in [5.41, 5.74) is 0.711. The molecular formula is C11H16N2O2S. The van der Waals surface area contributed by atoms with Crippen LogP contribution < -0.4 is 5.32 Å².